The average molecular weight is 377 g/mol. The highest BCUT2D eigenvalue weighted by molar-refractivity contribution is 5.83. The third kappa shape index (κ3) is 3.20. The van der Waals surface area contributed by atoms with Gasteiger partial charge in [0, 0.05) is 0 Å². The molecule has 3 aromatic heterocycles. The molecule has 0 bridgehead atoms. The number of rotatable bonds is 5. The van der Waals surface area contributed by atoms with Crippen molar-refractivity contribution in [3.8, 4) is 5.69 Å². The van der Waals surface area contributed by atoms with Crippen LogP contribution < -0.4 is 10.9 Å². The summed E-state index contributed by atoms with van der Waals surface area (Å²) in [5.41, 5.74) is 2.36. The quantitative estimate of drug-likeness (QED) is 0.575. The SMILES string of the molecule is Cc1nn(CC(=O)NCc2ccco2)c(=O)c2c(C)n(-c3ccccc3)nc12. The van der Waals surface area contributed by atoms with Crippen LogP contribution in [0.3, 0.4) is 0 Å². The summed E-state index contributed by atoms with van der Waals surface area (Å²) in [5.74, 6) is 0.318. The Labute approximate surface area is 160 Å². The van der Waals surface area contributed by atoms with Gasteiger partial charge in [0.2, 0.25) is 5.91 Å². The van der Waals surface area contributed by atoms with Crippen molar-refractivity contribution in [2.24, 2.45) is 0 Å². The number of hydrogen-bond donors (Lipinski definition) is 1. The van der Waals surface area contributed by atoms with Gasteiger partial charge in [0.25, 0.3) is 5.56 Å². The molecule has 4 rings (SSSR count). The van der Waals surface area contributed by atoms with E-state index >= 15 is 0 Å². The number of aryl methyl sites for hydroxylation is 2. The second-order valence-corrected chi connectivity index (χ2v) is 6.46. The molecular formula is C20H19N5O3. The van der Waals surface area contributed by atoms with Crippen LogP contribution in [-0.2, 0) is 17.9 Å². The van der Waals surface area contributed by atoms with Crippen LogP contribution in [0.4, 0.5) is 0 Å². The number of benzene rings is 1. The molecule has 28 heavy (non-hydrogen) atoms. The first kappa shape index (κ1) is 17.7. The lowest BCUT2D eigenvalue weighted by Crippen LogP contribution is -2.33. The van der Waals surface area contributed by atoms with Crippen molar-refractivity contribution in [1.82, 2.24) is 24.9 Å². The second-order valence-electron chi connectivity index (χ2n) is 6.46. The molecule has 8 nitrogen and oxygen atoms in total. The van der Waals surface area contributed by atoms with Gasteiger partial charge in [-0.05, 0) is 38.1 Å². The molecule has 0 aliphatic rings. The van der Waals surface area contributed by atoms with E-state index in [1.54, 1.807) is 23.7 Å². The topological polar surface area (TPSA) is 95.0 Å². The Bertz CT molecular complexity index is 1190. The number of fused-ring (bicyclic) bond motifs is 1. The summed E-state index contributed by atoms with van der Waals surface area (Å²) in [6, 6.07) is 13.1. The van der Waals surface area contributed by atoms with E-state index in [-0.39, 0.29) is 24.6 Å². The lowest BCUT2D eigenvalue weighted by molar-refractivity contribution is -0.122. The van der Waals surface area contributed by atoms with Crippen LogP contribution in [0.2, 0.25) is 0 Å². The summed E-state index contributed by atoms with van der Waals surface area (Å²) in [4.78, 5) is 25.2. The van der Waals surface area contributed by atoms with Gasteiger partial charge in [-0.15, -0.1) is 0 Å². The lowest BCUT2D eigenvalue weighted by Gasteiger charge is -2.07. The standard InChI is InChI=1S/C20H19N5O3/c1-13-19-18(14(2)25(23-19)15-7-4-3-5-8-15)20(27)24(22-13)12-17(26)21-11-16-9-6-10-28-16/h3-10H,11-12H2,1-2H3,(H,21,26). The van der Waals surface area contributed by atoms with Crippen LogP contribution in [0.25, 0.3) is 16.6 Å². The van der Waals surface area contributed by atoms with Gasteiger partial charge in [-0.2, -0.15) is 10.2 Å². The fraction of sp³-hybridized carbons (Fsp3) is 0.200. The zero-order chi connectivity index (χ0) is 19.7. The number of carbonyl (C=O) groups excluding carboxylic acids is 1. The number of furan rings is 1. The third-order valence-electron chi connectivity index (χ3n) is 4.51. The van der Waals surface area contributed by atoms with Gasteiger partial charge in [-0.3, -0.25) is 9.59 Å². The van der Waals surface area contributed by atoms with Crippen molar-refractivity contribution in [2.45, 2.75) is 26.9 Å². The smallest absolute Gasteiger partial charge is 0.278 e. The van der Waals surface area contributed by atoms with E-state index in [1.807, 2.05) is 37.3 Å². The fourth-order valence-corrected chi connectivity index (χ4v) is 3.13. The van der Waals surface area contributed by atoms with Crippen molar-refractivity contribution in [3.63, 3.8) is 0 Å². The van der Waals surface area contributed by atoms with Gasteiger partial charge in [0.05, 0.1) is 35.3 Å². The summed E-state index contributed by atoms with van der Waals surface area (Å²) in [5, 5.41) is 12.0. The highest BCUT2D eigenvalue weighted by Crippen LogP contribution is 2.19. The van der Waals surface area contributed by atoms with E-state index in [0.717, 1.165) is 5.69 Å². The Morgan fingerprint density at radius 2 is 1.89 bits per heavy atom. The zero-order valence-electron chi connectivity index (χ0n) is 15.5. The van der Waals surface area contributed by atoms with E-state index in [4.69, 9.17) is 4.42 Å². The molecule has 0 radical (unpaired) electrons. The molecule has 1 aromatic carbocycles. The number of hydrogen-bond acceptors (Lipinski definition) is 5. The number of para-hydroxylation sites is 1. The number of amides is 1. The summed E-state index contributed by atoms with van der Waals surface area (Å²) >= 11 is 0. The Balaban J connectivity index is 1.67. The normalized spacial score (nSPS) is 11.1. The molecule has 0 fully saturated rings. The minimum atomic E-state index is -0.339. The molecule has 1 amide bonds. The van der Waals surface area contributed by atoms with Gasteiger partial charge in [0.1, 0.15) is 17.8 Å². The molecule has 0 spiro atoms. The summed E-state index contributed by atoms with van der Waals surface area (Å²) in [6.07, 6.45) is 1.54. The monoisotopic (exact) mass is 377 g/mol. The van der Waals surface area contributed by atoms with Gasteiger partial charge in [-0.1, -0.05) is 18.2 Å². The summed E-state index contributed by atoms with van der Waals surface area (Å²) in [6.45, 7) is 3.70. The number of nitrogens with one attached hydrogen (secondary N) is 1. The van der Waals surface area contributed by atoms with Crippen LogP contribution in [0.15, 0.2) is 57.9 Å². The maximum Gasteiger partial charge on any atom is 0.278 e. The van der Waals surface area contributed by atoms with E-state index in [2.05, 4.69) is 15.5 Å². The third-order valence-corrected chi connectivity index (χ3v) is 4.51. The number of aromatic nitrogens is 4. The summed E-state index contributed by atoms with van der Waals surface area (Å²) < 4.78 is 8.09. The molecule has 0 aliphatic heterocycles. The van der Waals surface area contributed by atoms with Crippen LogP contribution in [-0.4, -0.2) is 25.5 Å². The van der Waals surface area contributed by atoms with Crippen LogP contribution in [0.5, 0.6) is 0 Å². The lowest BCUT2D eigenvalue weighted by atomic mass is 10.2. The molecule has 142 valence electrons. The highest BCUT2D eigenvalue weighted by atomic mass is 16.3. The summed E-state index contributed by atoms with van der Waals surface area (Å²) in [7, 11) is 0. The Hall–Kier alpha value is -3.68. The Kier molecular flexibility index (Phi) is 4.52. The van der Waals surface area contributed by atoms with E-state index < -0.39 is 0 Å². The predicted octanol–water partition coefficient (Wildman–Crippen LogP) is 2.11. The van der Waals surface area contributed by atoms with E-state index in [1.165, 1.54) is 10.9 Å². The van der Waals surface area contributed by atoms with Crippen LogP contribution in [0, 0.1) is 13.8 Å². The van der Waals surface area contributed by atoms with Crippen molar-refractivity contribution in [1.29, 1.82) is 0 Å². The van der Waals surface area contributed by atoms with Crippen LogP contribution in [0.1, 0.15) is 17.1 Å². The fourth-order valence-electron chi connectivity index (χ4n) is 3.13. The van der Waals surface area contributed by atoms with E-state index in [0.29, 0.717) is 28.1 Å². The molecule has 0 atom stereocenters. The molecule has 0 saturated carbocycles. The molecule has 3 heterocycles. The maximum atomic E-state index is 13.0. The molecule has 0 unspecified atom stereocenters. The Morgan fingerprint density at radius 1 is 1.11 bits per heavy atom. The number of nitrogens with zero attached hydrogens (tertiary/aromatic N) is 4. The zero-order valence-corrected chi connectivity index (χ0v) is 15.5. The predicted molar refractivity (Wildman–Crippen MR) is 103 cm³/mol. The van der Waals surface area contributed by atoms with Crippen molar-refractivity contribution in [3.05, 3.63) is 76.2 Å². The van der Waals surface area contributed by atoms with Gasteiger partial charge >= 0.3 is 0 Å². The first-order valence-corrected chi connectivity index (χ1v) is 8.86. The highest BCUT2D eigenvalue weighted by Gasteiger charge is 2.18. The molecule has 4 aromatic rings. The second kappa shape index (κ2) is 7.15. The maximum absolute atomic E-state index is 13.0. The molecular weight excluding hydrogens is 358 g/mol. The molecule has 0 saturated heterocycles. The van der Waals surface area contributed by atoms with Gasteiger partial charge < -0.3 is 9.73 Å². The van der Waals surface area contributed by atoms with Gasteiger partial charge in [-0.25, -0.2) is 9.36 Å². The molecule has 0 aliphatic carbocycles. The first-order chi connectivity index (χ1) is 13.5. The van der Waals surface area contributed by atoms with Crippen molar-refractivity contribution >= 4 is 16.8 Å². The van der Waals surface area contributed by atoms with E-state index in [9.17, 15) is 9.59 Å². The minimum absolute atomic E-state index is 0.174. The first-order valence-electron chi connectivity index (χ1n) is 8.86. The average Bonchev–Trinajstić information content (AvgIpc) is 3.33. The van der Waals surface area contributed by atoms with Crippen LogP contribution >= 0.6 is 0 Å². The largest absolute Gasteiger partial charge is 0.467 e. The molecule has 8 heteroatoms. The minimum Gasteiger partial charge on any atom is -0.467 e. The van der Waals surface area contributed by atoms with Crippen molar-refractivity contribution in [2.75, 3.05) is 0 Å². The van der Waals surface area contributed by atoms with Crippen molar-refractivity contribution < 1.29 is 9.21 Å². The Morgan fingerprint density at radius 3 is 2.61 bits per heavy atom. The number of carbonyl (C=O) groups is 1. The van der Waals surface area contributed by atoms with Gasteiger partial charge in [0.15, 0.2) is 0 Å². The molecule has 1 N–H and O–H groups in total.